The van der Waals surface area contributed by atoms with E-state index < -0.39 is 6.10 Å². The Hall–Kier alpha value is -3.86. The number of anilines is 3. The quantitative estimate of drug-likeness (QED) is 0.491. The molecule has 3 N–H and O–H groups in total. The van der Waals surface area contributed by atoms with Gasteiger partial charge in [0.25, 0.3) is 11.8 Å². The molecule has 1 aromatic heterocycles. The van der Waals surface area contributed by atoms with Crippen molar-refractivity contribution in [2.75, 3.05) is 21.7 Å². The number of nitrogens with one attached hydrogen (secondary N) is 3. The molecule has 0 saturated carbocycles. The maximum absolute atomic E-state index is 12.6. The summed E-state index contributed by atoms with van der Waals surface area (Å²) in [7, 11) is 1.80. The van der Waals surface area contributed by atoms with E-state index in [4.69, 9.17) is 4.74 Å². The lowest BCUT2D eigenvalue weighted by Gasteiger charge is -2.23. The number of aryl methyl sites for hydroxylation is 1. The minimum absolute atomic E-state index is 0.187. The smallest absolute Gasteiger partial charge is 0.265 e. The lowest BCUT2D eigenvalue weighted by molar-refractivity contribution is -0.122. The van der Waals surface area contributed by atoms with Crippen LogP contribution in [0.3, 0.4) is 0 Å². The number of benzene rings is 2. The highest BCUT2D eigenvalue weighted by Crippen LogP contribution is 2.32. The summed E-state index contributed by atoms with van der Waals surface area (Å²) >= 11 is 1.28. The number of amides is 3. The van der Waals surface area contributed by atoms with Crippen molar-refractivity contribution in [3.63, 3.8) is 0 Å². The number of carbonyl (C=O) groups excluding carboxylic acids is 3. The molecule has 3 amide bonds. The molecule has 0 aliphatic carbocycles. The van der Waals surface area contributed by atoms with E-state index in [9.17, 15) is 14.4 Å². The predicted molar refractivity (Wildman–Crippen MR) is 120 cm³/mol. The molecule has 2 aromatic carbocycles. The summed E-state index contributed by atoms with van der Waals surface area (Å²) in [5, 5.41) is 16.6. The number of nitrogens with zero attached hydrogens (tertiary/aromatic N) is 3. The van der Waals surface area contributed by atoms with Gasteiger partial charge in [-0.3, -0.25) is 14.4 Å². The van der Waals surface area contributed by atoms with E-state index >= 15 is 0 Å². The minimum atomic E-state index is -0.563. The van der Waals surface area contributed by atoms with Gasteiger partial charge in [-0.1, -0.05) is 11.8 Å². The molecule has 1 aliphatic heterocycles. The fraction of sp³-hybridized carbons (Fsp3) is 0.190. The zero-order chi connectivity index (χ0) is 22.7. The second kappa shape index (κ2) is 9.10. The Balaban J connectivity index is 1.33. The van der Waals surface area contributed by atoms with E-state index in [1.54, 1.807) is 67.3 Å². The molecule has 2 heterocycles. The van der Waals surface area contributed by atoms with E-state index in [2.05, 4.69) is 26.1 Å². The fourth-order valence-electron chi connectivity index (χ4n) is 2.93. The van der Waals surface area contributed by atoms with Gasteiger partial charge in [0.1, 0.15) is 12.1 Å². The van der Waals surface area contributed by atoms with Crippen LogP contribution in [-0.4, -0.2) is 44.3 Å². The van der Waals surface area contributed by atoms with Crippen LogP contribution in [0, 0.1) is 0 Å². The number of hydrogen-bond donors (Lipinski definition) is 3. The summed E-state index contributed by atoms with van der Waals surface area (Å²) in [5.41, 5.74) is 2.02. The van der Waals surface area contributed by atoms with Crippen molar-refractivity contribution >= 4 is 46.5 Å². The van der Waals surface area contributed by atoms with Crippen LogP contribution in [0.25, 0.3) is 0 Å². The van der Waals surface area contributed by atoms with Gasteiger partial charge >= 0.3 is 0 Å². The first-order valence-corrected chi connectivity index (χ1v) is 10.7. The van der Waals surface area contributed by atoms with Crippen LogP contribution in [-0.2, 0) is 16.6 Å². The van der Waals surface area contributed by atoms with Gasteiger partial charge in [0.05, 0.1) is 11.4 Å². The molecule has 1 atom stereocenters. The number of ether oxygens (including phenoxy) is 1. The van der Waals surface area contributed by atoms with Crippen molar-refractivity contribution in [1.29, 1.82) is 0 Å². The van der Waals surface area contributed by atoms with E-state index in [1.165, 1.54) is 11.8 Å². The van der Waals surface area contributed by atoms with Crippen LogP contribution < -0.4 is 20.7 Å². The van der Waals surface area contributed by atoms with Gasteiger partial charge in [-0.05, 0) is 49.4 Å². The molecular formula is C21H20N6O4S. The van der Waals surface area contributed by atoms with Crippen molar-refractivity contribution in [2.24, 2.45) is 7.05 Å². The number of thioether (sulfide) groups is 1. The first-order chi connectivity index (χ1) is 15.4. The van der Waals surface area contributed by atoms with Gasteiger partial charge < -0.3 is 25.3 Å². The van der Waals surface area contributed by atoms with Gasteiger partial charge in [-0.2, -0.15) is 0 Å². The number of carbonyl (C=O) groups is 3. The third kappa shape index (κ3) is 4.89. The van der Waals surface area contributed by atoms with Gasteiger partial charge in [-0.25, -0.2) is 0 Å². The highest BCUT2D eigenvalue weighted by Gasteiger charge is 2.23. The summed E-state index contributed by atoms with van der Waals surface area (Å²) in [6.45, 7) is 1.66. The molecular weight excluding hydrogens is 432 g/mol. The number of fused-ring (bicyclic) bond motifs is 1. The molecule has 32 heavy (non-hydrogen) atoms. The van der Waals surface area contributed by atoms with Gasteiger partial charge in [0, 0.05) is 24.0 Å². The lowest BCUT2D eigenvalue weighted by Crippen LogP contribution is -2.34. The Morgan fingerprint density at radius 3 is 2.62 bits per heavy atom. The Morgan fingerprint density at radius 1 is 1.16 bits per heavy atom. The van der Waals surface area contributed by atoms with E-state index in [-0.39, 0.29) is 23.5 Å². The molecule has 0 fully saturated rings. The maximum atomic E-state index is 12.6. The Labute approximate surface area is 187 Å². The van der Waals surface area contributed by atoms with Crippen molar-refractivity contribution in [3.8, 4) is 5.75 Å². The SMILES string of the molecule is C[C@@H]1Oc2ccc(NC(=O)c3ccc(NC(=O)CSc4nncn4C)cc3)cc2NC1=O. The number of rotatable bonds is 6. The largest absolute Gasteiger partial charge is 0.479 e. The van der Waals surface area contributed by atoms with Crippen LogP contribution in [0.15, 0.2) is 53.9 Å². The second-order valence-corrected chi connectivity index (χ2v) is 8.00. The van der Waals surface area contributed by atoms with Crippen molar-refractivity contribution in [3.05, 3.63) is 54.4 Å². The molecule has 164 valence electrons. The average Bonchev–Trinajstić information content (AvgIpc) is 3.18. The molecule has 4 rings (SSSR count). The summed E-state index contributed by atoms with van der Waals surface area (Å²) in [6, 6.07) is 11.6. The van der Waals surface area contributed by atoms with Crippen LogP contribution in [0.4, 0.5) is 17.1 Å². The average molecular weight is 452 g/mol. The molecule has 11 heteroatoms. The molecule has 0 saturated heterocycles. The minimum Gasteiger partial charge on any atom is -0.479 e. The van der Waals surface area contributed by atoms with Crippen molar-refractivity contribution in [1.82, 2.24) is 14.8 Å². The van der Waals surface area contributed by atoms with Gasteiger partial charge in [0.2, 0.25) is 5.91 Å². The predicted octanol–water partition coefficient (Wildman–Crippen LogP) is 2.52. The first kappa shape index (κ1) is 21.4. The maximum Gasteiger partial charge on any atom is 0.265 e. The number of aromatic nitrogens is 3. The molecule has 0 radical (unpaired) electrons. The lowest BCUT2D eigenvalue weighted by atomic mass is 10.1. The third-order valence-electron chi connectivity index (χ3n) is 4.60. The normalized spacial score (nSPS) is 14.7. The highest BCUT2D eigenvalue weighted by molar-refractivity contribution is 7.99. The Kier molecular flexibility index (Phi) is 6.08. The molecule has 1 aliphatic rings. The highest BCUT2D eigenvalue weighted by atomic mass is 32.2. The molecule has 0 bridgehead atoms. The fourth-order valence-corrected chi connectivity index (χ4v) is 3.61. The third-order valence-corrected chi connectivity index (χ3v) is 5.64. The molecule has 0 spiro atoms. The monoisotopic (exact) mass is 452 g/mol. The van der Waals surface area contributed by atoms with Crippen LogP contribution in [0.5, 0.6) is 5.75 Å². The second-order valence-electron chi connectivity index (χ2n) is 7.05. The number of hydrogen-bond acceptors (Lipinski definition) is 7. The van der Waals surface area contributed by atoms with E-state index in [0.717, 1.165) is 0 Å². The van der Waals surface area contributed by atoms with Crippen LogP contribution in [0.1, 0.15) is 17.3 Å². The first-order valence-electron chi connectivity index (χ1n) is 9.68. The molecule has 10 nitrogen and oxygen atoms in total. The van der Waals surface area contributed by atoms with E-state index in [0.29, 0.717) is 33.5 Å². The standard InChI is InChI=1S/C21H20N6O4S/c1-12-19(29)25-16-9-15(7-8-17(16)31-12)24-20(30)13-3-5-14(6-4-13)23-18(28)10-32-21-26-22-11-27(21)2/h3-9,11-12H,10H2,1-2H3,(H,23,28)(H,24,30)(H,25,29)/t12-/m0/s1. The summed E-state index contributed by atoms with van der Waals surface area (Å²) < 4.78 is 7.24. The topological polar surface area (TPSA) is 127 Å². The molecule has 0 unspecified atom stereocenters. The zero-order valence-corrected chi connectivity index (χ0v) is 18.1. The Morgan fingerprint density at radius 2 is 1.91 bits per heavy atom. The Bertz CT molecular complexity index is 1180. The van der Waals surface area contributed by atoms with Crippen LogP contribution >= 0.6 is 11.8 Å². The summed E-state index contributed by atoms with van der Waals surface area (Å²) in [6.07, 6.45) is 1.01. The summed E-state index contributed by atoms with van der Waals surface area (Å²) in [5.74, 6) is -0.0207. The molecule has 3 aromatic rings. The van der Waals surface area contributed by atoms with Crippen LogP contribution in [0.2, 0.25) is 0 Å². The van der Waals surface area contributed by atoms with Crippen molar-refractivity contribution in [2.45, 2.75) is 18.2 Å². The van der Waals surface area contributed by atoms with Gasteiger partial charge in [-0.15, -0.1) is 10.2 Å². The summed E-state index contributed by atoms with van der Waals surface area (Å²) in [4.78, 5) is 36.5. The van der Waals surface area contributed by atoms with Crippen molar-refractivity contribution < 1.29 is 19.1 Å². The van der Waals surface area contributed by atoms with E-state index in [1.807, 2.05) is 0 Å². The zero-order valence-electron chi connectivity index (χ0n) is 17.3. The van der Waals surface area contributed by atoms with Gasteiger partial charge in [0.15, 0.2) is 11.3 Å².